The molecule has 96 valence electrons. The number of aromatic nitrogens is 2. The number of carbonyl (C=O) groups excluding carboxylic acids is 1. The Labute approximate surface area is 109 Å². The summed E-state index contributed by atoms with van der Waals surface area (Å²) in [6, 6.07) is 7.63. The van der Waals surface area contributed by atoms with Gasteiger partial charge >= 0.3 is 0 Å². The molecule has 6 heteroatoms. The number of nitriles is 1. The Kier molecular flexibility index (Phi) is 3.57. The molecule has 0 aliphatic heterocycles. The summed E-state index contributed by atoms with van der Waals surface area (Å²) in [5.41, 5.74) is 0.995. The summed E-state index contributed by atoms with van der Waals surface area (Å²) >= 11 is 0. The normalized spacial score (nSPS) is 9.95. The fourth-order valence-corrected chi connectivity index (χ4v) is 1.63. The molecule has 0 aliphatic rings. The summed E-state index contributed by atoms with van der Waals surface area (Å²) in [7, 11) is 1.63. The molecule has 2 rings (SSSR count). The molecule has 1 amide bonds. The lowest BCUT2D eigenvalue weighted by atomic mass is 10.1. The molecule has 0 spiro atoms. The van der Waals surface area contributed by atoms with E-state index in [0.29, 0.717) is 16.9 Å². The lowest BCUT2D eigenvalue weighted by Crippen LogP contribution is -2.17. The number of amides is 1. The van der Waals surface area contributed by atoms with Crippen molar-refractivity contribution in [2.45, 2.75) is 6.42 Å². The summed E-state index contributed by atoms with van der Waals surface area (Å²) in [4.78, 5) is 11.8. The maximum absolute atomic E-state index is 12.7. The zero-order valence-electron chi connectivity index (χ0n) is 10.2. The maximum atomic E-state index is 12.7. The van der Waals surface area contributed by atoms with Gasteiger partial charge in [0.2, 0.25) is 5.91 Å². The Morgan fingerprint density at radius 1 is 1.47 bits per heavy atom. The summed E-state index contributed by atoms with van der Waals surface area (Å²) in [5.74, 6) is -0.274. The average molecular weight is 258 g/mol. The van der Waals surface area contributed by atoms with Crippen molar-refractivity contribution < 1.29 is 9.18 Å². The van der Waals surface area contributed by atoms with Crippen LogP contribution in [0.1, 0.15) is 11.1 Å². The van der Waals surface area contributed by atoms with Gasteiger partial charge in [-0.2, -0.15) is 10.4 Å². The maximum Gasteiger partial charge on any atom is 0.229 e. The monoisotopic (exact) mass is 258 g/mol. The topological polar surface area (TPSA) is 70.7 Å². The number of halogens is 1. The van der Waals surface area contributed by atoms with Gasteiger partial charge in [-0.25, -0.2) is 4.39 Å². The van der Waals surface area contributed by atoms with Gasteiger partial charge in [-0.05, 0) is 17.7 Å². The Balaban J connectivity index is 2.07. The van der Waals surface area contributed by atoms with Crippen LogP contribution >= 0.6 is 0 Å². The third-order valence-electron chi connectivity index (χ3n) is 2.59. The van der Waals surface area contributed by atoms with Crippen molar-refractivity contribution >= 4 is 11.7 Å². The standard InChI is InChI=1S/C13H11FN4O/c1-18-13(10(7-15)8-16-18)17-12(19)6-9-2-4-11(14)5-3-9/h2-5,8H,6H2,1H3,(H,17,19). The summed E-state index contributed by atoms with van der Waals surface area (Å²) in [6.45, 7) is 0. The Bertz CT molecular complexity index is 640. The van der Waals surface area contributed by atoms with E-state index in [2.05, 4.69) is 10.4 Å². The number of nitrogens with one attached hydrogen (secondary N) is 1. The van der Waals surface area contributed by atoms with Gasteiger partial charge in [-0.15, -0.1) is 0 Å². The number of anilines is 1. The van der Waals surface area contributed by atoms with Crippen LogP contribution in [-0.2, 0) is 18.3 Å². The average Bonchev–Trinajstić information content (AvgIpc) is 2.73. The summed E-state index contributed by atoms with van der Waals surface area (Å²) in [5, 5.41) is 15.4. The van der Waals surface area contributed by atoms with Crippen LogP contribution in [0.5, 0.6) is 0 Å². The van der Waals surface area contributed by atoms with Gasteiger partial charge in [0.1, 0.15) is 23.3 Å². The van der Waals surface area contributed by atoms with Crippen LogP contribution < -0.4 is 5.32 Å². The quantitative estimate of drug-likeness (QED) is 0.909. The van der Waals surface area contributed by atoms with E-state index in [1.807, 2.05) is 6.07 Å². The molecular weight excluding hydrogens is 247 g/mol. The minimum atomic E-state index is -0.345. The first-order chi connectivity index (χ1) is 9.10. The second kappa shape index (κ2) is 5.31. The van der Waals surface area contributed by atoms with E-state index in [1.54, 1.807) is 19.2 Å². The SMILES string of the molecule is Cn1ncc(C#N)c1NC(=O)Cc1ccc(F)cc1. The molecule has 5 nitrogen and oxygen atoms in total. The van der Waals surface area contributed by atoms with E-state index in [-0.39, 0.29) is 18.1 Å². The highest BCUT2D eigenvalue weighted by Crippen LogP contribution is 2.13. The first-order valence-electron chi connectivity index (χ1n) is 5.56. The van der Waals surface area contributed by atoms with E-state index in [9.17, 15) is 9.18 Å². The number of nitrogens with zero attached hydrogens (tertiary/aromatic N) is 3. The molecule has 0 saturated heterocycles. The zero-order chi connectivity index (χ0) is 13.8. The van der Waals surface area contributed by atoms with Crippen molar-refractivity contribution in [2.75, 3.05) is 5.32 Å². The van der Waals surface area contributed by atoms with Gasteiger partial charge in [0.05, 0.1) is 12.6 Å². The van der Waals surface area contributed by atoms with Gasteiger partial charge in [0.15, 0.2) is 0 Å². The number of carbonyl (C=O) groups is 1. The first-order valence-corrected chi connectivity index (χ1v) is 5.56. The van der Waals surface area contributed by atoms with Crippen molar-refractivity contribution in [3.63, 3.8) is 0 Å². The van der Waals surface area contributed by atoms with Crippen LogP contribution in [0.4, 0.5) is 10.2 Å². The predicted molar refractivity (Wildman–Crippen MR) is 66.7 cm³/mol. The molecule has 19 heavy (non-hydrogen) atoms. The number of aryl methyl sites for hydroxylation is 1. The molecule has 1 aromatic heterocycles. The summed E-state index contributed by atoms with van der Waals surface area (Å²) < 4.78 is 14.2. The van der Waals surface area contributed by atoms with E-state index in [1.165, 1.54) is 23.0 Å². The number of rotatable bonds is 3. The predicted octanol–water partition coefficient (Wildman–Crippen LogP) is 1.61. The highest BCUT2D eigenvalue weighted by Gasteiger charge is 2.11. The third kappa shape index (κ3) is 2.96. The van der Waals surface area contributed by atoms with Crippen LogP contribution in [0.3, 0.4) is 0 Å². The first kappa shape index (κ1) is 12.8. The lowest BCUT2D eigenvalue weighted by Gasteiger charge is -2.06. The van der Waals surface area contributed by atoms with Crippen LogP contribution in [0.2, 0.25) is 0 Å². The molecular formula is C13H11FN4O. The Hall–Kier alpha value is -2.68. The Morgan fingerprint density at radius 3 is 2.79 bits per heavy atom. The van der Waals surface area contributed by atoms with Gasteiger partial charge in [0.25, 0.3) is 0 Å². The Morgan fingerprint density at radius 2 is 2.16 bits per heavy atom. The van der Waals surface area contributed by atoms with E-state index < -0.39 is 0 Å². The highest BCUT2D eigenvalue weighted by molar-refractivity contribution is 5.92. The van der Waals surface area contributed by atoms with E-state index >= 15 is 0 Å². The number of hydrogen-bond acceptors (Lipinski definition) is 3. The minimum absolute atomic E-state index is 0.107. The van der Waals surface area contributed by atoms with E-state index in [4.69, 9.17) is 5.26 Å². The van der Waals surface area contributed by atoms with Crippen molar-refractivity contribution in [3.05, 3.63) is 47.4 Å². The van der Waals surface area contributed by atoms with Crippen molar-refractivity contribution in [1.82, 2.24) is 9.78 Å². The van der Waals surface area contributed by atoms with Crippen molar-refractivity contribution in [1.29, 1.82) is 5.26 Å². The molecule has 0 atom stereocenters. The summed E-state index contributed by atoms with van der Waals surface area (Å²) in [6.07, 6.45) is 1.49. The van der Waals surface area contributed by atoms with Gasteiger partial charge in [-0.1, -0.05) is 12.1 Å². The van der Waals surface area contributed by atoms with Crippen LogP contribution in [0.25, 0.3) is 0 Å². The molecule has 0 aliphatic carbocycles. The van der Waals surface area contributed by atoms with Gasteiger partial charge in [0, 0.05) is 7.05 Å². The molecule has 0 fully saturated rings. The molecule has 0 saturated carbocycles. The molecule has 1 aromatic carbocycles. The molecule has 0 radical (unpaired) electrons. The highest BCUT2D eigenvalue weighted by atomic mass is 19.1. The molecule has 0 unspecified atom stereocenters. The molecule has 0 bridgehead atoms. The van der Waals surface area contributed by atoms with Crippen LogP contribution in [-0.4, -0.2) is 15.7 Å². The van der Waals surface area contributed by atoms with Crippen LogP contribution in [0.15, 0.2) is 30.5 Å². The van der Waals surface area contributed by atoms with Crippen molar-refractivity contribution in [3.8, 4) is 6.07 Å². The second-order valence-electron chi connectivity index (χ2n) is 3.99. The number of hydrogen-bond donors (Lipinski definition) is 1. The second-order valence-corrected chi connectivity index (χ2v) is 3.99. The van der Waals surface area contributed by atoms with Crippen molar-refractivity contribution in [2.24, 2.45) is 7.05 Å². The molecule has 1 heterocycles. The lowest BCUT2D eigenvalue weighted by molar-refractivity contribution is -0.115. The molecule has 2 aromatic rings. The zero-order valence-corrected chi connectivity index (χ0v) is 10.2. The largest absolute Gasteiger partial charge is 0.310 e. The number of benzene rings is 1. The van der Waals surface area contributed by atoms with E-state index in [0.717, 1.165) is 0 Å². The third-order valence-corrected chi connectivity index (χ3v) is 2.59. The molecule has 1 N–H and O–H groups in total. The fourth-order valence-electron chi connectivity index (χ4n) is 1.63. The fraction of sp³-hybridized carbons (Fsp3) is 0.154. The smallest absolute Gasteiger partial charge is 0.229 e. The minimum Gasteiger partial charge on any atom is -0.310 e. The van der Waals surface area contributed by atoms with Gasteiger partial charge in [-0.3, -0.25) is 9.48 Å². The van der Waals surface area contributed by atoms with Gasteiger partial charge < -0.3 is 5.32 Å². The van der Waals surface area contributed by atoms with Crippen LogP contribution in [0, 0.1) is 17.1 Å².